The second-order valence-electron chi connectivity index (χ2n) is 5.65. The molecule has 1 aromatic heterocycles. The number of nitrogens with zero attached hydrogens (tertiary/aromatic N) is 3. The van der Waals surface area contributed by atoms with Gasteiger partial charge in [0.05, 0.1) is 28.9 Å². The van der Waals surface area contributed by atoms with Gasteiger partial charge >= 0.3 is 0 Å². The molecule has 2 aromatic carbocycles. The summed E-state index contributed by atoms with van der Waals surface area (Å²) in [4.78, 5) is 17.4. The molecule has 3 rings (SSSR count). The van der Waals surface area contributed by atoms with Crippen LogP contribution in [0.2, 0.25) is 0 Å². The smallest absolute Gasteiger partial charge is 0.269 e. The van der Waals surface area contributed by atoms with Crippen molar-refractivity contribution >= 4 is 10.9 Å². The molecule has 0 aliphatic rings. The Labute approximate surface area is 137 Å². The maximum Gasteiger partial charge on any atom is 0.269 e. The molecule has 0 aliphatic heterocycles. The van der Waals surface area contributed by atoms with Gasteiger partial charge in [-0.3, -0.25) is 9.36 Å². The highest BCUT2D eigenvalue weighted by molar-refractivity contribution is 5.82. The summed E-state index contributed by atoms with van der Waals surface area (Å²) in [6.45, 7) is 3.46. The minimum absolute atomic E-state index is 0.0817. The average Bonchev–Trinajstić information content (AvgIpc) is 2.57. The van der Waals surface area contributed by atoms with Crippen LogP contribution < -0.4 is 11.3 Å². The number of hydrogen-bond acceptors (Lipinski definition) is 4. The van der Waals surface area contributed by atoms with E-state index in [4.69, 9.17) is 11.0 Å². The van der Waals surface area contributed by atoms with Crippen molar-refractivity contribution in [3.8, 4) is 11.8 Å². The SMILES string of the molecule is Cc1ccc(F)c2c(=O)n(-c3cccc(C#N)c3)c(C(C)N)nc12. The van der Waals surface area contributed by atoms with Gasteiger partial charge in [0.15, 0.2) is 0 Å². The summed E-state index contributed by atoms with van der Waals surface area (Å²) in [5.74, 6) is -0.314. The maximum absolute atomic E-state index is 14.3. The Morgan fingerprint density at radius 1 is 1.33 bits per heavy atom. The van der Waals surface area contributed by atoms with Crippen molar-refractivity contribution in [2.75, 3.05) is 0 Å². The van der Waals surface area contributed by atoms with E-state index in [0.717, 1.165) is 0 Å². The van der Waals surface area contributed by atoms with Gasteiger partial charge in [-0.05, 0) is 43.7 Å². The third-order valence-corrected chi connectivity index (χ3v) is 3.84. The summed E-state index contributed by atoms with van der Waals surface area (Å²) in [7, 11) is 0. The molecular weight excluding hydrogens is 307 g/mol. The van der Waals surface area contributed by atoms with Crippen LogP contribution in [0.3, 0.4) is 0 Å². The zero-order valence-electron chi connectivity index (χ0n) is 13.2. The molecule has 0 fully saturated rings. The Morgan fingerprint density at radius 2 is 2.08 bits per heavy atom. The Balaban J connectivity index is 2.49. The first kappa shape index (κ1) is 15.8. The van der Waals surface area contributed by atoms with Gasteiger partial charge in [0, 0.05) is 0 Å². The molecule has 120 valence electrons. The monoisotopic (exact) mass is 322 g/mol. The molecule has 0 radical (unpaired) electrons. The van der Waals surface area contributed by atoms with E-state index in [9.17, 15) is 9.18 Å². The summed E-state index contributed by atoms with van der Waals surface area (Å²) >= 11 is 0. The van der Waals surface area contributed by atoms with E-state index in [1.165, 1.54) is 10.6 Å². The number of nitriles is 1. The minimum atomic E-state index is -0.630. The molecule has 0 saturated carbocycles. The number of aryl methyl sites for hydroxylation is 1. The van der Waals surface area contributed by atoms with Gasteiger partial charge in [0.1, 0.15) is 17.0 Å². The molecule has 0 amide bonds. The number of fused-ring (bicyclic) bond motifs is 1. The van der Waals surface area contributed by atoms with E-state index < -0.39 is 17.4 Å². The molecule has 2 N–H and O–H groups in total. The van der Waals surface area contributed by atoms with Gasteiger partial charge in [0.2, 0.25) is 0 Å². The van der Waals surface area contributed by atoms with Crippen LogP contribution in [0.1, 0.15) is 29.9 Å². The van der Waals surface area contributed by atoms with Crippen LogP contribution in [0.25, 0.3) is 16.6 Å². The lowest BCUT2D eigenvalue weighted by atomic mass is 10.1. The summed E-state index contributed by atoms with van der Waals surface area (Å²) in [5.41, 5.74) is 7.28. The Hall–Kier alpha value is -3.04. The highest BCUT2D eigenvalue weighted by atomic mass is 19.1. The first-order valence-corrected chi connectivity index (χ1v) is 7.42. The largest absolute Gasteiger partial charge is 0.322 e. The molecular formula is C18H15FN4O. The van der Waals surface area contributed by atoms with Crippen molar-refractivity contribution in [1.82, 2.24) is 9.55 Å². The highest BCUT2D eigenvalue weighted by Crippen LogP contribution is 2.21. The van der Waals surface area contributed by atoms with Gasteiger partial charge < -0.3 is 5.73 Å². The first-order valence-electron chi connectivity index (χ1n) is 7.42. The number of rotatable bonds is 2. The fourth-order valence-electron chi connectivity index (χ4n) is 2.67. The van der Waals surface area contributed by atoms with Gasteiger partial charge in [-0.2, -0.15) is 5.26 Å². The minimum Gasteiger partial charge on any atom is -0.322 e. The summed E-state index contributed by atoms with van der Waals surface area (Å²) in [5, 5.41) is 8.99. The number of benzene rings is 2. The lowest BCUT2D eigenvalue weighted by Crippen LogP contribution is -2.28. The average molecular weight is 322 g/mol. The van der Waals surface area contributed by atoms with Crippen LogP contribution in [0.5, 0.6) is 0 Å². The van der Waals surface area contributed by atoms with Gasteiger partial charge in [-0.15, -0.1) is 0 Å². The number of hydrogen-bond donors (Lipinski definition) is 1. The lowest BCUT2D eigenvalue weighted by molar-refractivity contribution is 0.633. The van der Waals surface area contributed by atoms with Gasteiger partial charge in [-0.25, -0.2) is 9.37 Å². The van der Waals surface area contributed by atoms with E-state index in [0.29, 0.717) is 28.2 Å². The third-order valence-electron chi connectivity index (χ3n) is 3.84. The lowest BCUT2D eigenvalue weighted by Gasteiger charge is -2.17. The van der Waals surface area contributed by atoms with Crippen molar-refractivity contribution in [3.63, 3.8) is 0 Å². The maximum atomic E-state index is 14.3. The number of aromatic nitrogens is 2. The second-order valence-corrected chi connectivity index (χ2v) is 5.65. The van der Waals surface area contributed by atoms with Crippen molar-refractivity contribution in [3.05, 3.63) is 69.5 Å². The quantitative estimate of drug-likeness (QED) is 0.786. The molecule has 6 heteroatoms. The summed E-state index contributed by atoms with van der Waals surface area (Å²) < 4.78 is 15.5. The van der Waals surface area contributed by atoms with Gasteiger partial charge in [-0.1, -0.05) is 12.1 Å². The molecule has 3 aromatic rings. The molecule has 5 nitrogen and oxygen atoms in total. The third kappa shape index (κ3) is 2.45. The summed E-state index contributed by atoms with van der Waals surface area (Å²) in [6.07, 6.45) is 0. The molecule has 0 aliphatic carbocycles. The zero-order valence-corrected chi connectivity index (χ0v) is 13.2. The molecule has 24 heavy (non-hydrogen) atoms. The topological polar surface area (TPSA) is 84.7 Å². The van der Waals surface area contributed by atoms with E-state index in [1.807, 2.05) is 6.07 Å². The Morgan fingerprint density at radius 3 is 2.75 bits per heavy atom. The fourth-order valence-corrected chi connectivity index (χ4v) is 2.67. The predicted molar refractivity (Wildman–Crippen MR) is 89.4 cm³/mol. The normalized spacial score (nSPS) is 12.1. The Bertz CT molecular complexity index is 1050. The molecule has 1 heterocycles. The number of halogens is 1. The van der Waals surface area contributed by atoms with Crippen molar-refractivity contribution < 1.29 is 4.39 Å². The van der Waals surface area contributed by atoms with Crippen LogP contribution in [-0.2, 0) is 0 Å². The van der Waals surface area contributed by atoms with E-state index in [2.05, 4.69) is 4.98 Å². The first-order chi connectivity index (χ1) is 11.4. The molecule has 0 saturated heterocycles. The van der Waals surface area contributed by atoms with E-state index in [-0.39, 0.29) is 5.39 Å². The second kappa shape index (κ2) is 5.87. The number of nitrogens with two attached hydrogens (primary N) is 1. The Kier molecular flexibility index (Phi) is 3.87. The molecule has 1 unspecified atom stereocenters. The van der Waals surface area contributed by atoms with Crippen molar-refractivity contribution in [2.45, 2.75) is 19.9 Å². The molecule has 1 atom stereocenters. The van der Waals surface area contributed by atoms with Crippen LogP contribution in [0.4, 0.5) is 4.39 Å². The van der Waals surface area contributed by atoms with Gasteiger partial charge in [0.25, 0.3) is 5.56 Å². The predicted octanol–water partition coefficient (Wildman–Crippen LogP) is 2.72. The molecule has 0 spiro atoms. The van der Waals surface area contributed by atoms with Crippen LogP contribution in [0.15, 0.2) is 41.2 Å². The molecule has 0 bridgehead atoms. The van der Waals surface area contributed by atoms with Crippen molar-refractivity contribution in [1.29, 1.82) is 5.26 Å². The van der Waals surface area contributed by atoms with Crippen LogP contribution in [0, 0.1) is 24.1 Å². The standard InChI is InChI=1S/C18H15FN4O/c1-10-6-7-14(19)15-16(10)22-17(11(2)21)23(18(15)24)13-5-3-4-12(8-13)9-20/h3-8,11H,21H2,1-2H3. The van der Waals surface area contributed by atoms with Crippen molar-refractivity contribution in [2.24, 2.45) is 5.73 Å². The highest BCUT2D eigenvalue weighted by Gasteiger charge is 2.19. The van der Waals surface area contributed by atoms with Crippen LogP contribution >= 0.6 is 0 Å². The van der Waals surface area contributed by atoms with Crippen LogP contribution in [-0.4, -0.2) is 9.55 Å². The zero-order chi connectivity index (χ0) is 17.4. The fraction of sp³-hybridized carbons (Fsp3) is 0.167. The summed E-state index contributed by atoms with van der Waals surface area (Å²) in [6, 6.07) is 10.8. The van der Waals surface area contributed by atoms with E-state index >= 15 is 0 Å². The van der Waals surface area contributed by atoms with E-state index in [1.54, 1.807) is 44.2 Å².